The maximum Gasteiger partial charge on any atom is 0.220 e. The van der Waals surface area contributed by atoms with Crippen LogP contribution in [-0.4, -0.2) is 87.5 Å². The van der Waals surface area contributed by atoms with Crippen LogP contribution in [0.2, 0.25) is 0 Å². The molecule has 7 atom stereocenters. The Morgan fingerprint density at radius 1 is 0.471 bits per heavy atom. The molecule has 1 amide bonds. The van der Waals surface area contributed by atoms with Gasteiger partial charge in [-0.15, -0.1) is 0 Å². The third kappa shape index (κ3) is 39.7. The summed E-state index contributed by atoms with van der Waals surface area (Å²) in [6, 6.07) is -0.829. The first kappa shape index (κ1) is 66.2. The highest BCUT2D eigenvalue weighted by molar-refractivity contribution is 5.76. The molecule has 0 bridgehead atoms. The molecule has 1 saturated heterocycles. The molecule has 1 aliphatic rings. The summed E-state index contributed by atoms with van der Waals surface area (Å²) in [7, 11) is 0. The fourth-order valence-electron chi connectivity index (χ4n) is 9.36. The number of carbonyl (C=O) groups excluding carboxylic acids is 1. The molecule has 0 aromatic heterocycles. The van der Waals surface area contributed by atoms with E-state index in [2.05, 4.69) is 55.6 Å². The van der Waals surface area contributed by atoms with Crippen molar-refractivity contribution in [3.05, 3.63) is 48.6 Å². The van der Waals surface area contributed by atoms with E-state index in [9.17, 15) is 30.3 Å². The average molecular weight is 989 g/mol. The Labute approximate surface area is 431 Å². The number of carbonyl (C=O) groups is 1. The lowest BCUT2D eigenvalue weighted by atomic mass is 9.99. The number of hydrogen-bond acceptors (Lipinski definition) is 8. The maximum atomic E-state index is 13.1. The Bertz CT molecular complexity index is 1240. The lowest BCUT2D eigenvalue weighted by Gasteiger charge is -2.40. The van der Waals surface area contributed by atoms with Crippen LogP contribution in [0.1, 0.15) is 277 Å². The first-order valence-electron chi connectivity index (χ1n) is 29.9. The van der Waals surface area contributed by atoms with E-state index in [0.717, 1.165) is 44.9 Å². The summed E-state index contributed by atoms with van der Waals surface area (Å²) in [4.78, 5) is 13.1. The van der Waals surface area contributed by atoms with Gasteiger partial charge in [-0.3, -0.25) is 4.79 Å². The first-order chi connectivity index (χ1) is 34.3. The molecule has 7 unspecified atom stereocenters. The summed E-state index contributed by atoms with van der Waals surface area (Å²) in [5, 5.41) is 54.5. The van der Waals surface area contributed by atoms with E-state index in [-0.39, 0.29) is 12.5 Å². The molecule has 0 aromatic carbocycles. The lowest BCUT2D eigenvalue weighted by Crippen LogP contribution is -2.60. The number of unbranched alkanes of at least 4 members (excludes halogenated alkanes) is 35. The minimum atomic E-state index is -1.58. The van der Waals surface area contributed by atoms with E-state index in [1.165, 1.54) is 212 Å². The van der Waals surface area contributed by atoms with Crippen LogP contribution < -0.4 is 5.32 Å². The van der Waals surface area contributed by atoms with Crippen molar-refractivity contribution in [2.24, 2.45) is 0 Å². The third-order valence-electron chi connectivity index (χ3n) is 14.1. The molecular weight excluding hydrogens is 875 g/mol. The van der Waals surface area contributed by atoms with E-state index >= 15 is 0 Å². The van der Waals surface area contributed by atoms with Crippen molar-refractivity contribution in [1.29, 1.82) is 0 Å². The predicted octanol–water partition coefficient (Wildman–Crippen LogP) is 14.9. The number of ether oxygens (including phenoxy) is 2. The van der Waals surface area contributed by atoms with Gasteiger partial charge in [-0.1, -0.05) is 249 Å². The van der Waals surface area contributed by atoms with Crippen molar-refractivity contribution in [3.8, 4) is 0 Å². The van der Waals surface area contributed by atoms with Crippen LogP contribution in [0, 0.1) is 0 Å². The third-order valence-corrected chi connectivity index (χ3v) is 14.1. The smallest absolute Gasteiger partial charge is 0.220 e. The highest BCUT2D eigenvalue weighted by Gasteiger charge is 2.44. The van der Waals surface area contributed by atoms with E-state index in [4.69, 9.17) is 9.47 Å². The zero-order valence-electron chi connectivity index (χ0n) is 45.5. The number of amides is 1. The molecule has 0 spiro atoms. The zero-order valence-corrected chi connectivity index (χ0v) is 45.5. The predicted molar refractivity (Wildman–Crippen MR) is 295 cm³/mol. The van der Waals surface area contributed by atoms with E-state index in [0.29, 0.717) is 6.42 Å². The molecule has 6 N–H and O–H groups in total. The van der Waals surface area contributed by atoms with E-state index in [1.807, 2.05) is 6.08 Å². The molecule has 1 aliphatic heterocycles. The highest BCUT2D eigenvalue weighted by Crippen LogP contribution is 2.23. The monoisotopic (exact) mass is 988 g/mol. The molecule has 70 heavy (non-hydrogen) atoms. The Hall–Kier alpha value is -1.85. The van der Waals surface area contributed by atoms with E-state index in [1.54, 1.807) is 6.08 Å². The van der Waals surface area contributed by atoms with Crippen LogP contribution in [-0.2, 0) is 14.3 Å². The van der Waals surface area contributed by atoms with Gasteiger partial charge in [-0.25, -0.2) is 0 Å². The number of aliphatic hydroxyl groups excluding tert-OH is 5. The van der Waals surface area contributed by atoms with Gasteiger partial charge >= 0.3 is 0 Å². The normalized spacial score (nSPS) is 19.7. The van der Waals surface area contributed by atoms with Crippen molar-refractivity contribution in [2.75, 3.05) is 13.2 Å². The van der Waals surface area contributed by atoms with Gasteiger partial charge in [0.15, 0.2) is 6.29 Å². The Kier molecular flexibility index (Phi) is 47.9. The zero-order chi connectivity index (χ0) is 50.8. The van der Waals surface area contributed by atoms with Gasteiger partial charge in [0.05, 0.1) is 25.4 Å². The minimum absolute atomic E-state index is 0.189. The van der Waals surface area contributed by atoms with Gasteiger partial charge in [0.1, 0.15) is 24.4 Å². The second-order valence-electron chi connectivity index (χ2n) is 20.8. The molecule has 1 heterocycles. The molecule has 1 rings (SSSR count). The van der Waals surface area contributed by atoms with Gasteiger partial charge in [0.2, 0.25) is 5.91 Å². The van der Waals surface area contributed by atoms with Gasteiger partial charge in [-0.05, 0) is 70.6 Å². The summed E-state index contributed by atoms with van der Waals surface area (Å²) >= 11 is 0. The molecular formula is C61H113NO8. The SMILES string of the molecule is CCCCCCCCCCC/C=C/CC/C=C/CC/C=C/C(O)C(COC1OC(CO)C(O)C(O)C1O)NC(=O)CCCCCCCCCCCCCC/C=C\CCCCCCCCCCCCCC. The number of aliphatic hydroxyl groups is 5. The number of allylic oxidation sites excluding steroid dienone is 7. The molecule has 0 aromatic rings. The first-order valence-corrected chi connectivity index (χ1v) is 29.9. The van der Waals surface area contributed by atoms with Gasteiger partial charge in [0, 0.05) is 6.42 Å². The van der Waals surface area contributed by atoms with Gasteiger partial charge < -0.3 is 40.3 Å². The molecule has 9 nitrogen and oxygen atoms in total. The van der Waals surface area contributed by atoms with Gasteiger partial charge in [-0.2, -0.15) is 0 Å². The molecule has 0 saturated carbocycles. The van der Waals surface area contributed by atoms with Gasteiger partial charge in [0.25, 0.3) is 0 Å². The summed E-state index contributed by atoms with van der Waals surface area (Å²) in [5.41, 5.74) is 0. The van der Waals surface area contributed by atoms with Crippen molar-refractivity contribution in [2.45, 2.75) is 320 Å². The van der Waals surface area contributed by atoms with E-state index < -0.39 is 49.5 Å². The largest absolute Gasteiger partial charge is 0.394 e. The number of hydrogen-bond donors (Lipinski definition) is 6. The Morgan fingerprint density at radius 2 is 0.814 bits per heavy atom. The maximum absolute atomic E-state index is 13.1. The van der Waals surface area contributed by atoms with Crippen LogP contribution in [0.5, 0.6) is 0 Å². The van der Waals surface area contributed by atoms with Crippen LogP contribution in [0.4, 0.5) is 0 Å². The molecule has 410 valence electrons. The second-order valence-corrected chi connectivity index (χ2v) is 20.8. The highest BCUT2D eigenvalue weighted by atomic mass is 16.7. The van der Waals surface area contributed by atoms with Crippen molar-refractivity contribution >= 4 is 5.91 Å². The van der Waals surface area contributed by atoms with Crippen molar-refractivity contribution < 1.29 is 39.8 Å². The fraction of sp³-hybridized carbons (Fsp3) is 0.852. The van der Waals surface area contributed by atoms with Crippen LogP contribution in [0.25, 0.3) is 0 Å². The molecule has 0 aliphatic carbocycles. The average Bonchev–Trinajstić information content (AvgIpc) is 3.36. The topological polar surface area (TPSA) is 149 Å². The van der Waals surface area contributed by atoms with Crippen molar-refractivity contribution in [1.82, 2.24) is 5.32 Å². The number of nitrogens with one attached hydrogen (secondary N) is 1. The summed E-state index contributed by atoms with van der Waals surface area (Å²) in [6.07, 6.45) is 60.4. The van der Waals surface area contributed by atoms with Crippen molar-refractivity contribution in [3.63, 3.8) is 0 Å². The standard InChI is InChI=1S/C61H113NO8/c1-3-5-7-9-11-13-15-17-19-21-23-24-25-26-27-28-29-30-31-33-35-37-39-41-43-45-47-49-51-57(65)62-54(53-69-61-60(68)59(67)58(66)56(52-63)70-61)55(64)50-48-46-44-42-40-38-36-34-32-22-20-18-16-14-12-10-8-6-4-2/h26-27,32,34,40,42,48,50,54-56,58-61,63-64,66-68H,3-25,28-31,33,35-39,41,43-47,49,51-53H2,1-2H3,(H,62,65)/b27-26-,34-32+,42-40+,50-48+. The summed E-state index contributed by atoms with van der Waals surface area (Å²) in [6.45, 7) is 3.78. The Balaban J connectivity index is 2.22. The summed E-state index contributed by atoms with van der Waals surface area (Å²) < 4.78 is 11.3. The van der Waals surface area contributed by atoms with Crippen LogP contribution >= 0.6 is 0 Å². The quantitative estimate of drug-likeness (QED) is 0.0261. The molecule has 9 heteroatoms. The Morgan fingerprint density at radius 3 is 1.20 bits per heavy atom. The second kappa shape index (κ2) is 50.7. The van der Waals surface area contributed by atoms with Crippen LogP contribution in [0.3, 0.4) is 0 Å². The minimum Gasteiger partial charge on any atom is -0.394 e. The van der Waals surface area contributed by atoms with Crippen LogP contribution in [0.15, 0.2) is 48.6 Å². The molecule has 1 fully saturated rings. The lowest BCUT2D eigenvalue weighted by molar-refractivity contribution is -0.302. The molecule has 0 radical (unpaired) electrons. The summed E-state index contributed by atoms with van der Waals surface area (Å²) in [5.74, 6) is -0.189. The fourth-order valence-corrected chi connectivity index (χ4v) is 9.36. The number of rotatable bonds is 51.